The Morgan fingerprint density at radius 2 is 2.17 bits per heavy atom. The molecule has 0 radical (unpaired) electrons. The maximum Gasteiger partial charge on any atom is 0.359 e. The Kier molecular flexibility index (Phi) is 6.25. The highest BCUT2D eigenvalue weighted by molar-refractivity contribution is 7.09. The van der Waals surface area contributed by atoms with Gasteiger partial charge in [0.05, 0.1) is 6.54 Å². The maximum absolute atomic E-state index is 12.1. The van der Waals surface area contributed by atoms with E-state index in [9.17, 15) is 14.4 Å². The number of rotatable bonds is 7. The fourth-order valence-electron chi connectivity index (χ4n) is 1.94. The third-order valence-corrected chi connectivity index (χ3v) is 4.06. The number of ether oxygens (including phenoxy) is 1. The summed E-state index contributed by atoms with van der Waals surface area (Å²) in [7, 11) is 0. The minimum absolute atomic E-state index is 0.000886. The summed E-state index contributed by atoms with van der Waals surface area (Å²) in [6.07, 6.45) is -0.238. The molecule has 2 aromatic heterocycles. The van der Waals surface area contributed by atoms with Crippen LogP contribution >= 0.6 is 11.3 Å². The highest BCUT2D eigenvalue weighted by Gasteiger charge is 2.20. The molecule has 1 atom stereocenters. The van der Waals surface area contributed by atoms with Crippen LogP contribution < -0.4 is 10.9 Å². The zero-order valence-electron chi connectivity index (χ0n) is 13.5. The molecule has 2 heterocycles. The average Bonchev–Trinajstić information content (AvgIpc) is 3.08. The lowest BCUT2D eigenvalue weighted by Crippen LogP contribution is -2.35. The Morgan fingerprint density at radius 1 is 1.38 bits per heavy atom. The summed E-state index contributed by atoms with van der Waals surface area (Å²) >= 11 is 1.53. The Bertz CT molecular complexity index is 755. The van der Waals surface area contributed by atoms with E-state index in [4.69, 9.17) is 4.74 Å². The number of carbonyl (C=O) groups is 2. The van der Waals surface area contributed by atoms with Gasteiger partial charge < -0.3 is 10.1 Å². The van der Waals surface area contributed by atoms with E-state index in [2.05, 4.69) is 10.4 Å². The Morgan fingerprint density at radius 3 is 2.83 bits per heavy atom. The smallest absolute Gasteiger partial charge is 0.359 e. The first-order valence-corrected chi connectivity index (χ1v) is 8.48. The molecule has 0 aliphatic carbocycles. The van der Waals surface area contributed by atoms with Gasteiger partial charge in [0.1, 0.15) is 0 Å². The second-order valence-electron chi connectivity index (χ2n) is 5.12. The summed E-state index contributed by atoms with van der Waals surface area (Å²) in [5.74, 6) is -1.13. The highest BCUT2D eigenvalue weighted by Crippen LogP contribution is 2.08. The van der Waals surface area contributed by atoms with Crippen molar-refractivity contribution in [1.82, 2.24) is 15.1 Å². The standard InChI is InChI=1S/C16H19N3O4S/c1-3-8-19-14(20)7-6-13(18-19)16(22)23-11(2)15(21)17-10-12-5-4-9-24-12/h4-7,9,11H,3,8,10H2,1-2H3,(H,17,21). The predicted molar refractivity (Wildman–Crippen MR) is 89.8 cm³/mol. The van der Waals surface area contributed by atoms with Gasteiger partial charge in [-0.15, -0.1) is 11.3 Å². The molecule has 0 aliphatic rings. The molecule has 24 heavy (non-hydrogen) atoms. The van der Waals surface area contributed by atoms with E-state index in [1.54, 1.807) is 0 Å². The van der Waals surface area contributed by atoms with Crippen molar-refractivity contribution in [1.29, 1.82) is 0 Å². The Balaban J connectivity index is 1.94. The molecule has 2 rings (SSSR count). The number of carbonyl (C=O) groups excluding carboxylic acids is 2. The van der Waals surface area contributed by atoms with E-state index in [-0.39, 0.29) is 11.3 Å². The van der Waals surface area contributed by atoms with Crippen LogP contribution in [0.4, 0.5) is 0 Å². The van der Waals surface area contributed by atoms with E-state index in [0.717, 1.165) is 4.88 Å². The van der Waals surface area contributed by atoms with Crippen LogP contribution in [0.2, 0.25) is 0 Å². The van der Waals surface area contributed by atoms with Crippen molar-refractivity contribution in [3.8, 4) is 0 Å². The van der Waals surface area contributed by atoms with Gasteiger partial charge in [-0.05, 0) is 30.9 Å². The predicted octanol–water partition coefficient (Wildman–Crippen LogP) is 1.58. The zero-order valence-corrected chi connectivity index (χ0v) is 14.3. The number of thiophene rings is 1. The molecule has 0 aromatic carbocycles. The van der Waals surface area contributed by atoms with Gasteiger partial charge in [-0.1, -0.05) is 13.0 Å². The van der Waals surface area contributed by atoms with E-state index < -0.39 is 18.0 Å². The number of aromatic nitrogens is 2. The second kappa shape index (κ2) is 8.39. The van der Waals surface area contributed by atoms with Crippen molar-refractivity contribution >= 4 is 23.2 Å². The number of aryl methyl sites for hydroxylation is 1. The monoisotopic (exact) mass is 349 g/mol. The molecule has 0 bridgehead atoms. The highest BCUT2D eigenvalue weighted by atomic mass is 32.1. The molecule has 128 valence electrons. The van der Waals surface area contributed by atoms with Crippen molar-refractivity contribution in [3.05, 3.63) is 50.6 Å². The first-order chi connectivity index (χ1) is 11.5. The summed E-state index contributed by atoms with van der Waals surface area (Å²) < 4.78 is 6.32. The number of amides is 1. The van der Waals surface area contributed by atoms with E-state index in [1.807, 2.05) is 24.4 Å². The number of esters is 1. The van der Waals surface area contributed by atoms with Crippen LogP contribution in [0.3, 0.4) is 0 Å². The molecule has 0 aliphatic heterocycles. The Hall–Kier alpha value is -2.48. The van der Waals surface area contributed by atoms with Gasteiger partial charge in [0.2, 0.25) is 0 Å². The van der Waals surface area contributed by atoms with Crippen molar-refractivity contribution in [2.75, 3.05) is 0 Å². The molecule has 8 heteroatoms. The molecule has 7 nitrogen and oxygen atoms in total. The van der Waals surface area contributed by atoms with Crippen LogP contribution in [0.1, 0.15) is 35.6 Å². The van der Waals surface area contributed by atoms with Crippen molar-refractivity contribution < 1.29 is 14.3 Å². The van der Waals surface area contributed by atoms with Gasteiger partial charge in [0.15, 0.2) is 11.8 Å². The maximum atomic E-state index is 12.1. The first kappa shape index (κ1) is 17.9. The van der Waals surface area contributed by atoms with Gasteiger partial charge in [-0.25, -0.2) is 9.48 Å². The third kappa shape index (κ3) is 4.76. The summed E-state index contributed by atoms with van der Waals surface area (Å²) in [5.41, 5.74) is -0.281. The van der Waals surface area contributed by atoms with Crippen LogP contribution in [0.25, 0.3) is 0 Å². The van der Waals surface area contributed by atoms with Gasteiger partial charge in [-0.2, -0.15) is 5.10 Å². The van der Waals surface area contributed by atoms with Crippen LogP contribution in [-0.2, 0) is 22.6 Å². The quantitative estimate of drug-likeness (QED) is 0.767. The molecule has 0 saturated heterocycles. The number of hydrogen-bond donors (Lipinski definition) is 1. The number of hydrogen-bond acceptors (Lipinski definition) is 6. The molecular formula is C16H19N3O4S. The molecule has 0 spiro atoms. The fraction of sp³-hybridized carbons (Fsp3) is 0.375. The molecule has 1 unspecified atom stereocenters. The zero-order chi connectivity index (χ0) is 17.5. The SMILES string of the molecule is CCCn1nc(C(=O)OC(C)C(=O)NCc2cccs2)ccc1=O. The van der Waals surface area contributed by atoms with Gasteiger partial charge >= 0.3 is 5.97 Å². The molecular weight excluding hydrogens is 330 g/mol. The van der Waals surface area contributed by atoms with Gasteiger partial charge in [-0.3, -0.25) is 9.59 Å². The van der Waals surface area contributed by atoms with Crippen LogP contribution in [-0.4, -0.2) is 27.8 Å². The lowest BCUT2D eigenvalue weighted by atomic mass is 10.3. The van der Waals surface area contributed by atoms with E-state index in [0.29, 0.717) is 19.5 Å². The van der Waals surface area contributed by atoms with Crippen LogP contribution in [0, 0.1) is 0 Å². The summed E-state index contributed by atoms with van der Waals surface area (Å²) in [6, 6.07) is 6.36. The summed E-state index contributed by atoms with van der Waals surface area (Å²) in [4.78, 5) is 36.7. The van der Waals surface area contributed by atoms with Crippen molar-refractivity contribution in [2.24, 2.45) is 0 Å². The average molecular weight is 349 g/mol. The lowest BCUT2D eigenvalue weighted by Gasteiger charge is -2.13. The topological polar surface area (TPSA) is 90.3 Å². The lowest BCUT2D eigenvalue weighted by molar-refractivity contribution is -0.129. The molecule has 1 amide bonds. The summed E-state index contributed by atoms with van der Waals surface area (Å²) in [5, 5.41) is 8.58. The van der Waals surface area contributed by atoms with Crippen LogP contribution in [0.5, 0.6) is 0 Å². The van der Waals surface area contributed by atoms with Crippen molar-refractivity contribution in [3.63, 3.8) is 0 Å². The second-order valence-corrected chi connectivity index (χ2v) is 6.16. The third-order valence-electron chi connectivity index (χ3n) is 3.18. The van der Waals surface area contributed by atoms with Gasteiger partial charge in [0, 0.05) is 17.5 Å². The molecule has 2 aromatic rings. The molecule has 1 N–H and O–H groups in total. The normalized spacial score (nSPS) is 11.8. The Labute approximate surface area is 143 Å². The number of nitrogens with zero attached hydrogens (tertiary/aromatic N) is 2. The largest absolute Gasteiger partial charge is 0.448 e. The molecule has 0 saturated carbocycles. The van der Waals surface area contributed by atoms with E-state index >= 15 is 0 Å². The first-order valence-electron chi connectivity index (χ1n) is 7.60. The number of nitrogens with one attached hydrogen (secondary N) is 1. The van der Waals surface area contributed by atoms with E-state index in [1.165, 1.54) is 35.1 Å². The molecule has 0 fully saturated rings. The minimum Gasteiger partial charge on any atom is -0.448 e. The fourth-order valence-corrected chi connectivity index (χ4v) is 2.58. The van der Waals surface area contributed by atoms with Gasteiger partial charge in [0.25, 0.3) is 11.5 Å². The van der Waals surface area contributed by atoms with Crippen molar-refractivity contribution in [2.45, 2.75) is 39.5 Å². The summed E-state index contributed by atoms with van der Waals surface area (Å²) in [6.45, 7) is 4.19. The minimum atomic E-state index is -0.953. The van der Waals surface area contributed by atoms with Crippen LogP contribution in [0.15, 0.2) is 34.4 Å².